The molecule has 0 bridgehead atoms. The molecular formula is C18H20ClNO3S. The molecule has 0 atom stereocenters. The van der Waals surface area contributed by atoms with Crippen LogP contribution in [0.1, 0.15) is 29.8 Å². The summed E-state index contributed by atoms with van der Waals surface area (Å²) in [6.07, 6.45) is 0.616. The van der Waals surface area contributed by atoms with E-state index in [0.717, 1.165) is 5.56 Å². The Hall–Kier alpha value is -1.85. The maximum atomic E-state index is 12.4. The number of carbonyl (C=O) groups excluding carboxylic acids is 1. The lowest BCUT2D eigenvalue weighted by Gasteiger charge is -2.13. The van der Waals surface area contributed by atoms with E-state index in [9.17, 15) is 13.2 Å². The Kier molecular flexibility index (Phi) is 6.02. The number of nitrogens with one attached hydrogen (secondary N) is 1. The van der Waals surface area contributed by atoms with Crippen LogP contribution in [0.15, 0.2) is 53.4 Å². The average Bonchev–Trinajstić information content (AvgIpc) is 2.54. The number of hydrogen-bond donors (Lipinski definition) is 1. The van der Waals surface area contributed by atoms with Crippen molar-refractivity contribution in [2.24, 2.45) is 0 Å². The molecule has 128 valence electrons. The molecule has 2 rings (SSSR count). The highest BCUT2D eigenvalue weighted by atomic mass is 35.5. The molecule has 0 aliphatic heterocycles. The van der Waals surface area contributed by atoms with Crippen molar-refractivity contribution < 1.29 is 13.2 Å². The summed E-state index contributed by atoms with van der Waals surface area (Å²) in [5.41, 5.74) is 1.18. The highest BCUT2D eigenvalue weighted by Gasteiger charge is 2.24. The van der Waals surface area contributed by atoms with Crippen LogP contribution in [0.25, 0.3) is 0 Å². The molecule has 0 saturated carbocycles. The van der Waals surface area contributed by atoms with Crippen LogP contribution in [-0.2, 0) is 16.3 Å². The SMILES string of the molecule is CC(C)S(=O)(=O)c1ccccc1C(=O)NCCc1cccc(Cl)c1. The molecule has 0 spiro atoms. The van der Waals surface area contributed by atoms with Gasteiger partial charge in [0.2, 0.25) is 0 Å². The van der Waals surface area contributed by atoms with E-state index in [1.807, 2.05) is 18.2 Å². The lowest BCUT2D eigenvalue weighted by molar-refractivity contribution is 0.0951. The van der Waals surface area contributed by atoms with Gasteiger partial charge in [-0.25, -0.2) is 8.42 Å². The molecule has 1 N–H and O–H groups in total. The molecule has 0 unspecified atom stereocenters. The fourth-order valence-electron chi connectivity index (χ4n) is 2.26. The molecule has 0 radical (unpaired) electrons. The van der Waals surface area contributed by atoms with Crippen LogP contribution >= 0.6 is 11.6 Å². The van der Waals surface area contributed by atoms with Gasteiger partial charge in [0.05, 0.1) is 15.7 Å². The zero-order valence-corrected chi connectivity index (χ0v) is 15.2. The number of benzene rings is 2. The van der Waals surface area contributed by atoms with Crippen molar-refractivity contribution in [2.75, 3.05) is 6.54 Å². The van der Waals surface area contributed by atoms with Gasteiger partial charge in [-0.05, 0) is 50.1 Å². The minimum atomic E-state index is -3.51. The van der Waals surface area contributed by atoms with E-state index in [4.69, 9.17) is 11.6 Å². The van der Waals surface area contributed by atoms with Crippen LogP contribution in [-0.4, -0.2) is 26.1 Å². The van der Waals surface area contributed by atoms with Crippen LogP contribution < -0.4 is 5.32 Å². The maximum absolute atomic E-state index is 12.4. The predicted octanol–water partition coefficient (Wildman–Crippen LogP) is 3.49. The van der Waals surface area contributed by atoms with Gasteiger partial charge >= 0.3 is 0 Å². The molecule has 0 fully saturated rings. The molecule has 2 aromatic carbocycles. The van der Waals surface area contributed by atoms with Gasteiger partial charge in [-0.1, -0.05) is 35.9 Å². The minimum absolute atomic E-state index is 0.0697. The third-order valence-corrected chi connectivity index (χ3v) is 6.09. The van der Waals surface area contributed by atoms with E-state index >= 15 is 0 Å². The number of amides is 1. The first-order valence-corrected chi connectivity index (χ1v) is 9.60. The number of hydrogen-bond acceptors (Lipinski definition) is 3. The second-order valence-corrected chi connectivity index (χ2v) is 8.63. The highest BCUT2D eigenvalue weighted by molar-refractivity contribution is 7.92. The fourth-order valence-corrected chi connectivity index (χ4v) is 3.72. The Morgan fingerprint density at radius 3 is 2.50 bits per heavy atom. The minimum Gasteiger partial charge on any atom is -0.352 e. The van der Waals surface area contributed by atoms with E-state index in [-0.39, 0.29) is 10.5 Å². The van der Waals surface area contributed by atoms with E-state index in [1.165, 1.54) is 12.1 Å². The molecule has 0 aliphatic carbocycles. The van der Waals surface area contributed by atoms with Crippen molar-refractivity contribution in [3.63, 3.8) is 0 Å². The first-order chi connectivity index (χ1) is 11.3. The van der Waals surface area contributed by atoms with E-state index in [2.05, 4.69) is 5.32 Å². The molecule has 1 amide bonds. The smallest absolute Gasteiger partial charge is 0.252 e. The van der Waals surface area contributed by atoms with Gasteiger partial charge in [-0.2, -0.15) is 0 Å². The topological polar surface area (TPSA) is 63.2 Å². The van der Waals surface area contributed by atoms with Gasteiger partial charge in [0.1, 0.15) is 0 Å². The summed E-state index contributed by atoms with van der Waals surface area (Å²) in [7, 11) is -3.51. The van der Waals surface area contributed by atoms with Gasteiger partial charge in [-0.3, -0.25) is 4.79 Å². The Labute approximate surface area is 147 Å². The van der Waals surface area contributed by atoms with Gasteiger partial charge in [0, 0.05) is 11.6 Å². The Morgan fingerprint density at radius 1 is 1.12 bits per heavy atom. The predicted molar refractivity (Wildman–Crippen MR) is 96.3 cm³/mol. The number of carbonyl (C=O) groups is 1. The molecule has 24 heavy (non-hydrogen) atoms. The third kappa shape index (κ3) is 4.36. The molecule has 0 heterocycles. The molecule has 0 aliphatic rings. The average molecular weight is 366 g/mol. The molecule has 0 aromatic heterocycles. The summed E-state index contributed by atoms with van der Waals surface area (Å²) in [5.74, 6) is -0.392. The van der Waals surface area contributed by atoms with Crippen molar-refractivity contribution in [3.05, 3.63) is 64.7 Å². The second-order valence-electron chi connectivity index (χ2n) is 5.73. The van der Waals surface area contributed by atoms with Crippen LogP contribution in [0, 0.1) is 0 Å². The quantitative estimate of drug-likeness (QED) is 0.852. The van der Waals surface area contributed by atoms with Gasteiger partial charge in [-0.15, -0.1) is 0 Å². The molecule has 2 aromatic rings. The Balaban J connectivity index is 2.11. The fraction of sp³-hybridized carbons (Fsp3) is 0.278. The second kappa shape index (κ2) is 7.81. The van der Waals surface area contributed by atoms with Crippen LogP contribution in [0.4, 0.5) is 0 Å². The van der Waals surface area contributed by atoms with Crippen LogP contribution in [0.3, 0.4) is 0 Å². The standard InChI is InChI=1S/C18H20ClNO3S/c1-13(2)24(22,23)17-9-4-3-8-16(17)18(21)20-11-10-14-6-5-7-15(19)12-14/h3-9,12-13H,10-11H2,1-2H3,(H,20,21). The van der Waals surface area contributed by atoms with E-state index < -0.39 is 21.0 Å². The van der Waals surface area contributed by atoms with E-state index in [0.29, 0.717) is 18.0 Å². The summed E-state index contributed by atoms with van der Waals surface area (Å²) >= 11 is 5.93. The first kappa shape index (κ1) is 18.5. The third-order valence-electron chi connectivity index (χ3n) is 3.65. The largest absolute Gasteiger partial charge is 0.352 e. The lowest BCUT2D eigenvalue weighted by Crippen LogP contribution is -2.28. The molecule has 6 heteroatoms. The van der Waals surface area contributed by atoms with E-state index in [1.54, 1.807) is 32.0 Å². The number of rotatable bonds is 6. The summed E-state index contributed by atoms with van der Waals surface area (Å²) < 4.78 is 24.8. The summed E-state index contributed by atoms with van der Waals surface area (Å²) in [5, 5.41) is 2.83. The lowest BCUT2D eigenvalue weighted by atomic mass is 10.1. The summed E-state index contributed by atoms with van der Waals surface area (Å²) in [6, 6.07) is 13.7. The van der Waals surface area contributed by atoms with Crippen LogP contribution in [0.2, 0.25) is 5.02 Å². The molecule has 4 nitrogen and oxygen atoms in total. The zero-order chi connectivity index (χ0) is 17.7. The highest BCUT2D eigenvalue weighted by Crippen LogP contribution is 2.20. The first-order valence-electron chi connectivity index (χ1n) is 7.68. The zero-order valence-electron chi connectivity index (χ0n) is 13.6. The maximum Gasteiger partial charge on any atom is 0.252 e. The van der Waals surface area contributed by atoms with Crippen molar-refractivity contribution in [2.45, 2.75) is 30.4 Å². The Bertz CT molecular complexity index is 832. The Morgan fingerprint density at radius 2 is 1.83 bits per heavy atom. The summed E-state index contributed by atoms with van der Waals surface area (Å²) in [4.78, 5) is 12.5. The summed E-state index contributed by atoms with van der Waals surface area (Å²) in [6.45, 7) is 3.60. The number of halogens is 1. The number of sulfone groups is 1. The van der Waals surface area contributed by atoms with Crippen molar-refractivity contribution >= 4 is 27.3 Å². The molecular weight excluding hydrogens is 346 g/mol. The van der Waals surface area contributed by atoms with Crippen molar-refractivity contribution in [1.82, 2.24) is 5.32 Å². The monoisotopic (exact) mass is 365 g/mol. The van der Waals surface area contributed by atoms with Gasteiger partial charge < -0.3 is 5.32 Å². The van der Waals surface area contributed by atoms with Gasteiger partial charge in [0.15, 0.2) is 9.84 Å². The van der Waals surface area contributed by atoms with Gasteiger partial charge in [0.25, 0.3) is 5.91 Å². The van der Waals surface area contributed by atoms with Crippen molar-refractivity contribution in [3.8, 4) is 0 Å². The van der Waals surface area contributed by atoms with Crippen molar-refractivity contribution in [1.29, 1.82) is 0 Å². The normalized spacial score (nSPS) is 11.5. The van der Waals surface area contributed by atoms with Crippen LogP contribution in [0.5, 0.6) is 0 Å². The molecule has 0 saturated heterocycles.